The van der Waals surface area contributed by atoms with Gasteiger partial charge in [0.25, 0.3) is 0 Å². The molecule has 0 spiro atoms. The molecule has 1 atom stereocenters. The molecule has 0 aliphatic heterocycles. The smallest absolute Gasteiger partial charge is 0.290 e. The molecule has 0 radical (unpaired) electrons. The Kier molecular flexibility index (Phi) is 4.10. The van der Waals surface area contributed by atoms with Crippen molar-refractivity contribution in [1.29, 1.82) is 0 Å². The molecule has 0 saturated carbocycles. The first-order valence-corrected chi connectivity index (χ1v) is 5.45. The Balaban J connectivity index is 3.38. The predicted molar refractivity (Wildman–Crippen MR) is 64.7 cm³/mol. The number of rotatable bonds is 2. The van der Waals surface area contributed by atoms with E-state index in [1.807, 2.05) is 0 Å². The minimum absolute atomic E-state index is 0.0193. The van der Waals surface area contributed by atoms with Crippen LogP contribution in [0.25, 0.3) is 5.57 Å². The molecule has 0 aliphatic carbocycles. The van der Waals surface area contributed by atoms with Crippen molar-refractivity contribution in [2.75, 3.05) is 0 Å². The van der Waals surface area contributed by atoms with E-state index in [9.17, 15) is 18.0 Å². The Morgan fingerprint density at radius 2 is 1.65 bits per heavy atom. The van der Waals surface area contributed by atoms with Gasteiger partial charge in [0.15, 0.2) is 5.52 Å². The lowest BCUT2D eigenvalue weighted by Crippen LogP contribution is -2.12. The molecule has 1 nitrogen and oxygen atoms in total. The maximum absolute atomic E-state index is 12.8. The van der Waals surface area contributed by atoms with Crippen LogP contribution in [0, 0.1) is 13.8 Å². The van der Waals surface area contributed by atoms with Crippen LogP contribution in [0.2, 0.25) is 0 Å². The number of aryl methyl sites for hydroxylation is 2. The molecular formula is C12H12F3OP. The first-order valence-electron chi connectivity index (χ1n) is 4.87. The van der Waals surface area contributed by atoms with E-state index in [0.29, 0.717) is 6.08 Å². The van der Waals surface area contributed by atoms with Gasteiger partial charge in [-0.05, 0) is 25.5 Å². The van der Waals surface area contributed by atoms with Crippen LogP contribution in [0.3, 0.4) is 0 Å². The molecule has 0 bridgehead atoms. The van der Waals surface area contributed by atoms with Crippen LogP contribution in [-0.2, 0) is 4.79 Å². The van der Waals surface area contributed by atoms with Gasteiger partial charge in [0, 0.05) is 0 Å². The Morgan fingerprint density at radius 1 is 1.18 bits per heavy atom. The number of carbonyl (C=O) groups excluding carboxylic acids is 1. The molecule has 0 N–H and O–H groups in total. The highest BCUT2D eigenvalue weighted by atomic mass is 31.0. The van der Waals surface area contributed by atoms with Gasteiger partial charge in [0.1, 0.15) is 0 Å². The number of allylic oxidation sites excluding steroid dienone is 2. The molecule has 0 amide bonds. The predicted octanol–water partition coefficient (Wildman–Crippen LogP) is 3.65. The highest BCUT2D eigenvalue weighted by Crippen LogP contribution is 2.34. The lowest BCUT2D eigenvalue weighted by atomic mass is 10.0. The summed E-state index contributed by atoms with van der Waals surface area (Å²) >= 11 is 0. The second kappa shape index (κ2) is 5.01. The number of benzene rings is 1. The molecule has 0 saturated heterocycles. The first kappa shape index (κ1) is 13.9. The van der Waals surface area contributed by atoms with Crippen LogP contribution in [0.4, 0.5) is 13.2 Å². The van der Waals surface area contributed by atoms with Crippen molar-refractivity contribution < 1.29 is 18.0 Å². The zero-order valence-corrected chi connectivity index (χ0v) is 10.6. The Labute approximate surface area is 99.9 Å². The molecule has 0 fully saturated rings. The van der Waals surface area contributed by atoms with E-state index in [1.165, 1.54) is 12.1 Å². The molecule has 0 heterocycles. The second-order valence-electron chi connectivity index (χ2n) is 3.83. The van der Waals surface area contributed by atoms with Crippen molar-refractivity contribution >= 4 is 20.3 Å². The summed E-state index contributed by atoms with van der Waals surface area (Å²) in [5.41, 5.74) is -0.135. The summed E-state index contributed by atoms with van der Waals surface area (Å²) in [6, 6.07) is 4.61. The van der Waals surface area contributed by atoms with E-state index >= 15 is 0 Å². The van der Waals surface area contributed by atoms with E-state index in [4.69, 9.17) is 0 Å². The average molecular weight is 260 g/mol. The lowest BCUT2D eigenvalue weighted by molar-refractivity contribution is -0.107. The number of alkyl halides is 3. The lowest BCUT2D eigenvalue weighted by Gasteiger charge is -2.13. The summed E-state index contributed by atoms with van der Waals surface area (Å²) in [4.78, 5) is 10.8. The molecule has 0 aliphatic rings. The quantitative estimate of drug-likeness (QED) is 0.586. The zero-order valence-electron chi connectivity index (χ0n) is 9.43. The minimum atomic E-state index is -4.54. The van der Waals surface area contributed by atoms with Crippen LogP contribution in [0.15, 0.2) is 24.3 Å². The topological polar surface area (TPSA) is 17.1 Å². The third-order valence-electron chi connectivity index (χ3n) is 2.12. The van der Waals surface area contributed by atoms with Gasteiger partial charge in [0.2, 0.25) is 0 Å². The van der Waals surface area contributed by atoms with Crippen LogP contribution < -0.4 is 0 Å². The van der Waals surface area contributed by atoms with Crippen molar-refractivity contribution in [1.82, 2.24) is 0 Å². The molecule has 17 heavy (non-hydrogen) atoms. The summed E-state index contributed by atoms with van der Waals surface area (Å²) in [6.45, 7) is 3.43. The molecule has 5 heteroatoms. The maximum atomic E-state index is 12.8. The standard InChI is InChI=1S/C12H12F3OP/c1-7-3-8(2)5-9(4-7)10(6-11(16)17)12(13,14)15/h3-6H,17H2,1-2H3. The molecule has 1 aromatic carbocycles. The maximum Gasteiger partial charge on any atom is 0.417 e. The van der Waals surface area contributed by atoms with Crippen LogP contribution >= 0.6 is 9.24 Å². The molecular weight excluding hydrogens is 248 g/mol. The third kappa shape index (κ3) is 3.97. The Hall–Kier alpha value is -1.15. The normalized spacial score (nSPS) is 12.7. The van der Waals surface area contributed by atoms with E-state index in [0.717, 1.165) is 11.1 Å². The van der Waals surface area contributed by atoms with Crippen molar-refractivity contribution in [2.24, 2.45) is 0 Å². The van der Waals surface area contributed by atoms with Gasteiger partial charge >= 0.3 is 6.18 Å². The van der Waals surface area contributed by atoms with E-state index < -0.39 is 17.3 Å². The van der Waals surface area contributed by atoms with Gasteiger partial charge in [0.05, 0.1) is 5.57 Å². The molecule has 0 aromatic heterocycles. The number of hydrogen-bond donors (Lipinski definition) is 0. The van der Waals surface area contributed by atoms with Crippen molar-refractivity contribution in [3.63, 3.8) is 0 Å². The summed E-state index contributed by atoms with van der Waals surface area (Å²) in [5.74, 6) is 0. The largest absolute Gasteiger partial charge is 0.417 e. The van der Waals surface area contributed by atoms with Crippen LogP contribution in [0.1, 0.15) is 16.7 Å². The Morgan fingerprint density at radius 3 is 2.00 bits per heavy atom. The highest BCUT2D eigenvalue weighted by Gasteiger charge is 2.35. The summed E-state index contributed by atoms with van der Waals surface area (Å²) < 4.78 is 38.4. The van der Waals surface area contributed by atoms with Crippen molar-refractivity contribution in [2.45, 2.75) is 20.0 Å². The average Bonchev–Trinajstić information content (AvgIpc) is 2.10. The van der Waals surface area contributed by atoms with Gasteiger partial charge in [-0.2, -0.15) is 13.2 Å². The van der Waals surface area contributed by atoms with E-state index in [-0.39, 0.29) is 5.56 Å². The fourth-order valence-electron chi connectivity index (χ4n) is 1.60. The SMILES string of the molecule is Cc1cc(C)cc(C(=CC(=O)P)C(F)(F)F)c1. The van der Waals surface area contributed by atoms with Gasteiger partial charge < -0.3 is 0 Å². The van der Waals surface area contributed by atoms with Gasteiger partial charge in [-0.15, -0.1) is 0 Å². The fourth-order valence-corrected chi connectivity index (χ4v) is 1.77. The summed E-state index contributed by atoms with van der Waals surface area (Å²) in [7, 11) is 1.72. The van der Waals surface area contributed by atoms with E-state index in [2.05, 4.69) is 0 Å². The summed E-state index contributed by atoms with van der Waals surface area (Å²) in [6.07, 6.45) is -3.94. The van der Waals surface area contributed by atoms with Crippen LogP contribution in [-0.4, -0.2) is 11.7 Å². The van der Waals surface area contributed by atoms with Crippen molar-refractivity contribution in [3.8, 4) is 0 Å². The van der Waals surface area contributed by atoms with E-state index in [1.54, 1.807) is 29.2 Å². The zero-order chi connectivity index (χ0) is 13.2. The van der Waals surface area contributed by atoms with Gasteiger partial charge in [-0.1, -0.05) is 38.6 Å². The molecule has 1 aromatic rings. The number of hydrogen-bond acceptors (Lipinski definition) is 1. The molecule has 1 rings (SSSR count). The molecule has 92 valence electrons. The third-order valence-corrected chi connectivity index (χ3v) is 2.29. The number of halogens is 3. The fraction of sp³-hybridized carbons (Fsp3) is 0.250. The highest BCUT2D eigenvalue weighted by molar-refractivity contribution is 7.41. The second-order valence-corrected chi connectivity index (χ2v) is 4.40. The molecule has 1 unspecified atom stereocenters. The Bertz CT molecular complexity index is 455. The summed E-state index contributed by atoms with van der Waals surface area (Å²) in [5, 5.41) is 0. The number of carbonyl (C=O) groups is 1. The monoisotopic (exact) mass is 260 g/mol. The van der Waals surface area contributed by atoms with Crippen LogP contribution in [0.5, 0.6) is 0 Å². The first-order chi connectivity index (χ1) is 7.70. The van der Waals surface area contributed by atoms with Gasteiger partial charge in [-0.3, -0.25) is 4.79 Å². The van der Waals surface area contributed by atoms with Crippen molar-refractivity contribution in [3.05, 3.63) is 41.0 Å². The van der Waals surface area contributed by atoms with Gasteiger partial charge in [-0.25, -0.2) is 0 Å². The minimum Gasteiger partial charge on any atom is -0.290 e.